The third kappa shape index (κ3) is 3.33. The summed E-state index contributed by atoms with van der Waals surface area (Å²) in [5, 5.41) is 12.5. The summed E-state index contributed by atoms with van der Waals surface area (Å²) in [4.78, 5) is 13.0. The van der Waals surface area contributed by atoms with E-state index in [0.717, 1.165) is 23.0 Å². The van der Waals surface area contributed by atoms with Gasteiger partial charge in [0.25, 0.3) is 0 Å². The van der Waals surface area contributed by atoms with Gasteiger partial charge in [-0.3, -0.25) is 0 Å². The van der Waals surface area contributed by atoms with E-state index in [1.165, 1.54) is 0 Å². The Bertz CT molecular complexity index is 604. The molecule has 0 radical (unpaired) electrons. The molecule has 1 saturated heterocycles. The predicted molar refractivity (Wildman–Crippen MR) is 77.4 cm³/mol. The highest BCUT2D eigenvalue weighted by Gasteiger charge is 2.20. The fraction of sp³-hybridized carbons (Fsp3) is 0.385. The zero-order valence-corrected chi connectivity index (χ0v) is 12.2. The van der Waals surface area contributed by atoms with Gasteiger partial charge in [0, 0.05) is 12.3 Å². The van der Waals surface area contributed by atoms with Gasteiger partial charge in [0.05, 0.1) is 12.2 Å². The second-order valence-electron chi connectivity index (χ2n) is 4.51. The molecule has 0 atom stereocenters. The number of thioether (sulfide) groups is 1. The van der Waals surface area contributed by atoms with Crippen LogP contribution in [0.1, 0.15) is 6.42 Å². The molecule has 0 spiro atoms. The van der Waals surface area contributed by atoms with E-state index in [-0.39, 0.29) is 6.09 Å². The Morgan fingerprint density at radius 3 is 2.90 bits per heavy atom. The minimum Gasteiger partial charge on any atom is -0.448 e. The molecule has 1 aromatic heterocycles. The number of nitrogens with zero attached hydrogens (tertiary/aromatic N) is 5. The molecule has 3 rings (SSSR count). The van der Waals surface area contributed by atoms with Crippen molar-refractivity contribution in [2.45, 2.75) is 11.6 Å². The summed E-state index contributed by atoms with van der Waals surface area (Å²) in [6.07, 6.45) is 0.663. The van der Waals surface area contributed by atoms with Crippen LogP contribution in [-0.4, -0.2) is 56.6 Å². The molecule has 2 heterocycles. The third-order valence-corrected chi connectivity index (χ3v) is 4.10. The number of hydrogen-bond donors (Lipinski definition) is 0. The van der Waals surface area contributed by atoms with Gasteiger partial charge < -0.3 is 9.64 Å². The number of ether oxygens (including phenoxy) is 1. The van der Waals surface area contributed by atoms with Crippen molar-refractivity contribution in [2.24, 2.45) is 0 Å². The maximum Gasteiger partial charge on any atom is 0.409 e. The molecule has 1 aromatic carbocycles. The Hall–Kier alpha value is -2.09. The van der Waals surface area contributed by atoms with Crippen LogP contribution in [-0.2, 0) is 4.74 Å². The van der Waals surface area contributed by atoms with Crippen molar-refractivity contribution < 1.29 is 9.53 Å². The Balaban J connectivity index is 1.52. The number of aromatic nitrogens is 4. The Kier molecular flexibility index (Phi) is 4.34. The van der Waals surface area contributed by atoms with Crippen molar-refractivity contribution in [2.75, 3.05) is 25.4 Å². The molecule has 0 aliphatic carbocycles. The lowest BCUT2D eigenvalue weighted by molar-refractivity contribution is 0.158. The number of amides is 1. The first kappa shape index (κ1) is 13.9. The topological polar surface area (TPSA) is 73.1 Å². The molecule has 21 heavy (non-hydrogen) atoms. The van der Waals surface area contributed by atoms with E-state index in [1.54, 1.807) is 21.3 Å². The standard InChI is InChI=1S/C13H15N5O2S/c19-13-17(8-9-20-13)7-4-10-21-12-14-15-16-18(12)11-5-2-1-3-6-11/h1-3,5-6H,4,7-10H2. The van der Waals surface area contributed by atoms with E-state index in [2.05, 4.69) is 15.5 Å². The number of para-hydroxylation sites is 1. The van der Waals surface area contributed by atoms with E-state index in [1.807, 2.05) is 30.3 Å². The summed E-state index contributed by atoms with van der Waals surface area (Å²) in [5.41, 5.74) is 0.938. The summed E-state index contributed by atoms with van der Waals surface area (Å²) in [6, 6.07) is 9.77. The van der Waals surface area contributed by atoms with E-state index in [9.17, 15) is 4.79 Å². The molecule has 1 aliphatic heterocycles. The van der Waals surface area contributed by atoms with Gasteiger partial charge in [-0.2, -0.15) is 4.68 Å². The maximum atomic E-state index is 11.3. The highest BCUT2D eigenvalue weighted by Crippen LogP contribution is 2.19. The molecule has 1 fully saturated rings. The fourth-order valence-corrected chi connectivity index (χ4v) is 2.86. The van der Waals surface area contributed by atoms with Crippen LogP contribution < -0.4 is 0 Å². The highest BCUT2D eigenvalue weighted by molar-refractivity contribution is 7.99. The van der Waals surface area contributed by atoms with Crippen LogP contribution in [0.4, 0.5) is 4.79 Å². The molecule has 1 amide bonds. The van der Waals surface area contributed by atoms with E-state index < -0.39 is 0 Å². The van der Waals surface area contributed by atoms with Gasteiger partial charge in [-0.25, -0.2) is 4.79 Å². The lowest BCUT2D eigenvalue weighted by Crippen LogP contribution is -2.25. The van der Waals surface area contributed by atoms with E-state index in [4.69, 9.17) is 4.74 Å². The van der Waals surface area contributed by atoms with Crippen molar-refractivity contribution in [1.29, 1.82) is 0 Å². The Morgan fingerprint density at radius 2 is 2.14 bits per heavy atom. The lowest BCUT2D eigenvalue weighted by atomic mass is 10.3. The lowest BCUT2D eigenvalue weighted by Gasteiger charge is -2.11. The van der Waals surface area contributed by atoms with Crippen LogP contribution in [0.2, 0.25) is 0 Å². The smallest absolute Gasteiger partial charge is 0.409 e. The second kappa shape index (κ2) is 6.57. The molecule has 8 heteroatoms. The normalized spacial score (nSPS) is 14.5. The Morgan fingerprint density at radius 1 is 1.29 bits per heavy atom. The molecule has 110 valence electrons. The first-order chi connectivity index (χ1) is 10.3. The average Bonchev–Trinajstić information content (AvgIpc) is 3.14. The number of benzene rings is 1. The van der Waals surface area contributed by atoms with Crippen molar-refractivity contribution in [3.8, 4) is 5.69 Å². The van der Waals surface area contributed by atoms with Crippen molar-refractivity contribution in [3.05, 3.63) is 30.3 Å². The minimum absolute atomic E-state index is 0.214. The zero-order chi connectivity index (χ0) is 14.5. The van der Waals surface area contributed by atoms with Gasteiger partial charge in [-0.05, 0) is 29.0 Å². The first-order valence-corrected chi connectivity index (χ1v) is 7.71. The van der Waals surface area contributed by atoms with Crippen LogP contribution >= 0.6 is 11.8 Å². The molecule has 0 saturated carbocycles. The van der Waals surface area contributed by atoms with Gasteiger partial charge in [-0.1, -0.05) is 30.0 Å². The van der Waals surface area contributed by atoms with Crippen molar-refractivity contribution >= 4 is 17.9 Å². The van der Waals surface area contributed by atoms with E-state index in [0.29, 0.717) is 19.7 Å². The van der Waals surface area contributed by atoms with Crippen molar-refractivity contribution in [1.82, 2.24) is 25.1 Å². The highest BCUT2D eigenvalue weighted by atomic mass is 32.2. The summed E-state index contributed by atoms with van der Waals surface area (Å²) in [5.74, 6) is 0.844. The van der Waals surface area contributed by atoms with Gasteiger partial charge in [0.2, 0.25) is 5.16 Å². The number of carbonyl (C=O) groups is 1. The van der Waals surface area contributed by atoms with Crippen LogP contribution in [0, 0.1) is 0 Å². The number of hydrogen-bond acceptors (Lipinski definition) is 6. The minimum atomic E-state index is -0.214. The molecule has 0 bridgehead atoms. The SMILES string of the molecule is O=C1OCCN1CCCSc1nnnn1-c1ccccc1. The number of rotatable bonds is 6. The van der Waals surface area contributed by atoms with Gasteiger partial charge >= 0.3 is 6.09 Å². The molecular formula is C13H15N5O2S. The van der Waals surface area contributed by atoms with Crippen LogP contribution in [0.5, 0.6) is 0 Å². The molecule has 0 unspecified atom stereocenters. The van der Waals surface area contributed by atoms with Crippen LogP contribution in [0.3, 0.4) is 0 Å². The quantitative estimate of drug-likeness (QED) is 0.596. The van der Waals surface area contributed by atoms with E-state index >= 15 is 0 Å². The maximum absolute atomic E-state index is 11.3. The number of carbonyl (C=O) groups excluding carboxylic acids is 1. The first-order valence-electron chi connectivity index (χ1n) is 6.73. The average molecular weight is 305 g/mol. The molecular weight excluding hydrogens is 290 g/mol. The predicted octanol–water partition coefficient (Wildman–Crippen LogP) is 1.60. The van der Waals surface area contributed by atoms with Gasteiger partial charge in [0.1, 0.15) is 6.61 Å². The van der Waals surface area contributed by atoms with Gasteiger partial charge in [-0.15, -0.1) is 5.10 Å². The summed E-state index contributed by atoms with van der Waals surface area (Å²) < 4.78 is 6.61. The molecule has 2 aromatic rings. The molecule has 1 aliphatic rings. The fourth-order valence-electron chi connectivity index (χ4n) is 2.05. The summed E-state index contributed by atoms with van der Waals surface area (Å²) in [6.45, 7) is 1.89. The summed E-state index contributed by atoms with van der Waals surface area (Å²) >= 11 is 1.58. The van der Waals surface area contributed by atoms with Gasteiger partial charge in [0.15, 0.2) is 0 Å². The monoisotopic (exact) mass is 305 g/mol. The largest absolute Gasteiger partial charge is 0.448 e. The van der Waals surface area contributed by atoms with Crippen LogP contribution in [0.25, 0.3) is 5.69 Å². The molecule has 7 nitrogen and oxygen atoms in total. The van der Waals surface area contributed by atoms with Crippen LogP contribution in [0.15, 0.2) is 35.5 Å². The molecule has 0 N–H and O–H groups in total. The number of tetrazole rings is 1. The summed E-state index contributed by atoms with van der Waals surface area (Å²) in [7, 11) is 0. The Labute approximate surface area is 126 Å². The zero-order valence-electron chi connectivity index (χ0n) is 11.4. The second-order valence-corrected chi connectivity index (χ2v) is 5.57. The van der Waals surface area contributed by atoms with Crippen molar-refractivity contribution in [3.63, 3.8) is 0 Å². The number of cyclic esters (lactones) is 1. The third-order valence-electron chi connectivity index (χ3n) is 3.09.